The zero-order valence-corrected chi connectivity index (χ0v) is 10.1. The summed E-state index contributed by atoms with van der Waals surface area (Å²) in [5, 5.41) is 9.62. The van der Waals surface area contributed by atoms with Crippen molar-refractivity contribution < 1.29 is 14.6 Å². The van der Waals surface area contributed by atoms with Crippen LogP contribution in [-0.2, 0) is 0 Å². The van der Waals surface area contributed by atoms with Crippen molar-refractivity contribution in [1.29, 1.82) is 0 Å². The minimum atomic E-state index is -0.188. The van der Waals surface area contributed by atoms with Gasteiger partial charge in [-0.2, -0.15) is 0 Å². The van der Waals surface area contributed by atoms with E-state index in [-0.39, 0.29) is 12.5 Å². The minimum absolute atomic E-state index is 0.0499. The van der Waals surface area contributed by atoms with Crippen molar-refractivity contribution in [3.8, 4) is 11.5 Å². The van der Waals surface area contributed by atoms with Crippen LogP contribution in [0.2, 0.25) is 5.02 Å². The van der Waals surface area contributed by atoms with Crippen molar-refractivity contribution in [2.75, 3.05) is 27.4 Å². The highest BCUT2D eigenvalue weighted by Gasteiger charge is 2.18. The average molecular weight is 246 g/mol. The number of hydrogen-bond acceptors (Lipinski definition) is 4. The van der Waals surface area contributed by atoms with Crippen LogP contribution in [0, 0.1) is 0 Å². The van der Waals surface area contributed by atoms with E-state index in [0.29, 0.717) is 23.1 Å². The lowest BCUT2D eigenvalue weighted by Gasteiger charge is -2.17. The van der Waals surface area contributed by atoms with Crippen LogP contribution in [0.4, 0.5) is 0 Å². The highest BCUT2D eigenvalue weighted by atomic mass is 35.5. The van der Waals surface area contributed by atoms with Crippen molar-refractivity contribution >= 4 is 11.6 Å². The minimum Gasteiger partial charge on any atom is -0.493 e. The predicted molar refractivity (Wildman–Crippen MR) is 63.4 cm³/mol. The number of methoxy groups -OCH3 is 2. The Hall–Kier alpha value is -0.970. The first-order valence-corrected chi connectivity index (χ1v) is 5.28. The second kappa shape index (κ2) is 5.94. The van der Waals surface area contributed by atoms with Crippen LogP contribution in [0.3, 0.4) is 0 Å². The molecule has 0 aliphatic heterocycles. The number of rotatable bonds is 5. The van der Waals surface area contributed by atoms with E-state index in [2.05, 4.69) is 0 Å². The fraction of sp³-hybridized carbons (Fsp3) is 0.455. The first-order valence-electron chi connectivity index (χ1n) is 4.90. The summed E-state index contributed by atoms with van der Waals surface area (Å²) >= 11 is 6.17. The molecule has 0 aromatic heterocycles. The second-order valence-electron chi connectivity index (χ2n) is 3.32. The predicted octanol–water partition coefficient (Wildman–Crippen LogP) is 1.39. The molecule has 1 rings (SSSR count). The third kappa shape index (κ3) is 2.40. The summed E-state index contributed by atoms with van der Waals surface area (Å²) in [6.45, 7) is 0.275. The van der Waals surface area contributed by atoms with Gasteiger partial charge in [-0.3, -0.25) is 0 Å². The SMILES string of the molecule is COc1ccc(C(CN)CO)c(Cl)c1OC. The highest BCUT2D eigenvalue weighted by Crippen LogP contribution is 2.39. The molecule has 1 aromatic carbocycles. The van der Waals surface area contributed by atoms with Crippen molar-refractivity contribution in [2.45, 2.75) is 5.92 Å². The van der Waals surface area contributed by atoms with Crippen LogP contribution in [0.5, 0.6) is 11.5 Å². The van der Waals surface area contributed by atoms with Gasteiger partial charge in [-0.25, -0.2) is 0 Å². The van der Waals surface area contributed by atoms with E-state index in [4.69, 9.17) is 26.8 Å². The Morgan fingerprint density at radius 2 is 2.06 bits per heavy atom. The molecule has 0 bridgehead atoms. The van der Waals surface area contributed by atoms with Gasteiger partial charge in [0.05, 0.1) is 25.8 Å². The molecule has 0 saturated carbocycles. The number of halogens is 1. The molecule has 0 spiro atoms. The van der Waals surface area contributed by atoms with Gasteiger partial charge in [-0.05, 0) is 11.6 Å². The summed E-state index contributed by atoms with van der Waals surface area (Å²) in [5.41, 5.74) is 6.32. The van der Waals surface area contributed by atoms with Gasteiger partial charge < -0.3 is 20.3 Å². The van der Waals surface area contributed by atoms with E-state index < -0.39 is 0 Å². The van der Waals surface area contributed by atoms with Gasteiger partial charge in [0.2, 0.25) is 0 Å². The summed E-state index contributed by atoms with van der Waals surface area (Å²) in [6, 6.07) is 3.54. The van der Waals surface area contributed by atoms with Crippen LogP contribution in [0.15, 0.2) is 12.1 Å². The molecule has 0 amide bonds. The Bertz CT molecular complexity index is 353. The van der Waals surface area contributed by atoms with E-state index in [9.17, 15) is 5.11 Å². The molecule has 1 unspecified atom stereocenters. The molecule has 0 fully saturated rings. The average Bonchev–Trinajstić information content (AvgIpc) is 2.32. The van der Waals surface area contributed by atoms with E-state index in [1.807, 2.05) is 0 Å². The molecule has 0 radical (unpaired) electrons. The van der Waals surface area contributed by atoms with Gasteiger partial charge in [0, 0.05) is 12.5 Å². The van der Waals surface area contributed by atoms with Crippen LogP contribution in [0.25, 0.3) is 0 Å². The summed E-state index contributed by atoms with van der Waals surface area (Å²) < 4.78 is 10.3. The molecular weight excluding hydrogens is 230 g/mol. The maximum absolute atomic E-state index is 9.18. The Kier molecular flexibility index (Phi) is 4.86. The van der Waals surface area contributed by atoms with Gasteiger partial charge in [-0.1, -0.05) is 17.7 Å². The monoisotopic (exact) mass is 245 g/mol. The summed E-state index contributed by atoms with van der Waals surface area (Å²) in [5.74, 6) is 0.839. The van der Waals surface area contributed by atoms with Crippen molar-refractivity contribution in [1.82, 2.24) is 0 Å². The Balaban J connectivity index is 3.22. The Morgan fingerprint density at radius 1 is 1.38 bits per heavy atom. The molecule has 0 heterocycles. The number of ether oxygens (including phenoxy) is 2. The molecule has 5 heteroatoms. The van der Waals surface area contributed by atoms with Gasteiger partial charge in [-0.15, -0.1) is 0 Å². The molecule has 1 aromatic rings. The van der Waals surface area contributed by atoms with Crippen LogP contribution in [-0.4, -0.2) is 32.5 Å². The molecule has 4 nitrogen and oxygen atoms in total. The zero-order chi connectivity index (χ0) is 12.1. The molecule has 3 N–H and O–H groups in total. The number of nitrogens with two attached hydrogens (primary N) is 1. The van der Waals surface area contributed by atoms with Gasteiger partial charge >= 0.3 is 0 Å². The first kappa shape index (κ1) is 13.1. The molecular formula is C11H16ClNO3. The molecule has 0 aliphatic rings. The highest BCUT2D eigenvalue weighted by molar-refractivity contribution is 6.33. The fourth-order valence-corrected chi connectivity index (χ4v) is 1.91. The molecule has 1 atom stereocenters. The molecule has 0 aliphatic carbocycles. The van der Waals surface area contributed by atoms with E-state index >= 15 is 0 Å². The van der Waals surface area contributed by atoms with E-state index in [0.717, 1.165) is 5.56 Å². The zero-order valence-electron chi connectivity index (χ0n) is 9.37. The lowest BCUT2D eigenvalue weighted by Crippen LogP contribution is -2.16. The Morgan fingerprint density at radius 3 is 2.50 bits per heavy atom. The van der Waals surface area contributed by atoms with Crippen molar-refractivity contribution in [3.05, 3.63) is 22.7 Å². The maximum atomic E-state index is 9.18. The van der Waals surface area contributed by atoms with Crippen molar-refractivity contribution in [2.24, 2.45) is 5.73 Å². The van der Waals surface area contributed by atoms with Gasteiger partial charge in [0.25, 0.3) is 0 Å². The number of aliphatic hydroxyl groups is 1. The molecule has 90 valence electrons. The molecule has 16 heavy (non-hydrogen) atoms. The number of benzene rings is 1. The topological polar surface area (TPSA) is 64.7 Å². The lowest BCUT2D eigenvalue weighted by molar-refractivity contribution is 0.267. The van der Waals surface area contributed by atoms with Crippen LogP contribution < -0.4 is 15.2 Å². The lowest BCUT2D eigenvalue weighted by atomic mass is 9.99. The quantitative estimate of drug-likeness (QED) is 0.823. The van der Waals surface area contributed by atoms with Crippen LogP contribution >= 0.6 is 11.6 Å². The van der Waals surface area contributed by atoms with Crippen LogP contribution in [0.1, 0.15) is 11.5 Å². The summed E-state index contributed by atoms with van der Waals surface area (Å²) in [6.07, 6.45) is 0. The normalized spacial score (nSPS) is 12.3. The largest absolute Gasteiger partial charge is 0.493 e. The fourth-order valence-electron chi connectivity index (χ4n) is 1.52. The van der Waals surface area contributed by atoms with E-state index in [1.165, 1.54) is 7.11 Å². The molecule has 0 saturated heterocycles. The smallest absolute Gasteiger partial charge is 0.179 e. The standard InChI is InChI=1S/C11H16ClNO3/c1-15-9-4-3-8(7(5-13)6-14)10(12)11(9)16-2/h3-4,7,14H,5-6,13H2,1-2H3. The Labute approximate surface area is 99.9 Å². The first-order chi connectivity index (χ1) is 7.69. The number of aliphatic hydroxyl groups excluding tert-OH is 1. The van der Waals surface area contributed by atoms with Gasteiger partial charge in [0.1, 0.15) is 0 Å². The summed E-state index contributed by atoms with van der Waals surface area (Å²) in [4.78, 5) is 0. The van der Waals surface area contributed by atoms with Gasteiger partial charge in [0.15, 0.2) is 11.5 Å². The maximum Gasteiger partial charge on any atom is 0.179 e. The summed E-state index contributed by atoms with van der Waals surface area (Å²) in [7, 11) is 3.06. The van der Waals surface area contributed by atoms with E-state index in [1.54, 1.807) is 19.2 Å². The second-order valence-corrected chi connectivity index (χ2v) is 3.70. The van der Waals surface area contributed by atoms with Crippen molar-refractivity contribution in [3.63, 3.8) is 0 Å². The third-order valence-corrected chi connectivity index (χ3v) is 2.85. The number of hydrogen-bond donors (Lipinski definition) is 2. The third-order valence-electron chi connectivity index (χ3n) is 2.46.